The molecule has 0 spiro atoms. The number of hydrogen-bond acceptors (Lipinski definition) is 2. The Hall–Kier alpha value is -1.22. The largest absolute Gasteiger partial charge is 0.379 e. The fourth-order valence-electron chi connectivity index (χ4n) is 1.70. The van der Waals surface area contributed by atoms with Gasteiger partial charge < -0.3 is 10.6 Å². The number of nitrogens with one attached hydrogen (secondary N) is 2. The Balaban J connectivity index is 2.40. The van der Waals surface area contributed by atoms with Gasteiger partial charge in [-0.05, 0) is 18.6 Å². The van der Waals surface area contributed by atoms with E-state index in [2.05, 4.69) is 10.6 Å². The summed E-state index contributed by atoms with van der Waals surface area (Å²) in [6.07, 6.45) is 1.39. The molecule has 80 valence electrons. The van der Waals surface area contributed by atoms with E-state index in [1.165, 1.54) is 0 Å². The predicted octanol–water partition coefficient (Wildman–Crippen LogP) is 2.87. The van der Waals surface area contributed by atoms with Gasteiger partial charge >= 0.3 is 0 Å². The highest BCUT2D eigenvalue weighted by molar-refractivity contribution is 6.34. The van der Waals surface area contributed by atoms with E-state index >= 15 is 0 Å². The highest BCUT2D eigenvalue weighted by Gasteiger charge is 2.20. The molecule has 1 aromatic rings. The van der Waals surface area contributed by atoms with Crippen LogP contribution in [0.4, 0.5) is 11.4 Å². The number of carbonyl (C=O) groups excluding carboxylic acids is 1. The van der Waals surface area contributed by atoms with Crippen LogP contribution in [0.25, 0.3) is 0 Å². The van der Waals surface area contributed by atoms with E-state index in [-0.39, 0.29) is 11.9 Å². The van der Waals surface area contributed by atoms with Crippen LogP contribution in [0, 0.1) is 0 Å². The lowest BCUT2D eigenvalue weighted by Crippen LogP contribution is -2.21. The third-order valence-corrected chi connectivity index (χ3v) is 2.88. The molecule has 1 aliphatic rings. The van der Waals surface area contributed by atoms with Crippen molar-refractivity contribution < 1.29 is 4.79 Å². The second-order valence-electron chi connectivity index (χ2n) is 3.66. The van der Waals surface area contributed by atoms with Gasteiger partial charge in [0.15, 0.2) is 0 Å². The molecule has 1 aliphatic heterocycles. The molecule has 0 radical (unpaired) electrons. The van der Waals surface area contributed by atoms with Crippen molar-refractivity contribution in [2.75, 3.05) is 10.6 Å². The smallest absolute Gasteiger partial charge is 0.226 e. The lowest BCUT2D eigenvalue weighted by Gasteiger charge is -2.15. The zero-order valence-electron chi connectivity index (χ0n) is 8.51. The van der Waals surface area contributed by atoms with Crippen LogP contribution < -0.4 is 10.6 Å². The molecule has 2 N–H and O–H groups in total. The summed E-state index contributed by atoms with van der Waals surface area (Å²) in [4.78, 5) is 11.5. The van der Waals surface area contributed by atoms with E-state index in [0.29, 0.717) is 11.4 Å². The molecular formula is C11H13ClN2O. The summed E-state index contributed by atoms with van der Waals surface area (Å²) in [7, 11) is 0. The van der Waals surface area contributed by atoms with Crippen LogP contribution in [0.15, 0.2) is 18.2 Å². The van der Waals surface area contributed by atoms with Gasteiger partial charge in [0.25, 0.3) is 0 Å². The number of para-hydroxylation sites is 1. The number of anilines is 2. The Kier molecular flexibility index (Phi) is 2.82. The summed E-state index contributed by atoms with van der Waals surface area (Å²) in [6, 6.07) is 5.66. The predicted molar refractivity (Wildman–Crippen MR) is 62.4 cm³/mol. The lowest BCUT2D eigenvalue weighted by molar-refractivity contribution is -0.116. The molecular weight excluding hydrogens is 212 g/mol. The molecule has 0 aliphatic carbocycles. The SMILES string of the molecule is CCC1CC(=O)Nc2cccc(Cl)c2N1. The summed E-state index contributed by atoms with van der Waals surface area (Å²) in [5.41, 5.74) is 1.60. The van der Waals surface area contributed by atoms with Gasteiger partial charge in [-0.1, -0.05) is 24.6 Å². The average molecular weight is 225 g/mol. The number of hydrogen-bond donors (Lipinski definition) is 2. The van der Waals surface area contributed by atoms with Crippen LogP contribution in [-0.2, 0) is 4.79 Å². The molecule has 0 saturated carbocycles. The van der Waals surface area contributed by atoms with Crippen molar-refractivity contribution in [1.29, 1.82) is 0 Å². The standard InChI is InChI=1S/C11H13ClN2O/c1-2-7-6-10(15)14-9-5-3-4-8(12)11(9)13-7/h3-5,7,13H,2,6H2,1H3,(H,14,15). The highest BCUT2D eigenvalue weighted by atomic mass is 35.5. The average Bonchev–Trinajstić information content (AvgIpc) is 2.37. The van der Waals surface area contributed by atoms with E-state index in [0.717, 1.165) is 17.8 Å². The molecule has 1 aromatic carbocycles. The molecule has 0 saturated heterocycles. The number of halogens is 1. The maximum atomic E-state index is 11.5. The number of benzene rings is 1. The van der Waals surface area contributed by atoms with E-state index in [1.54, 1.807) is 0 Å². The van der Waals surface area contributed by atoms with Crippen LogP contribution >= 0.6 is 11.6 Å². The summed E-state index contributed by atoms with van der Waals surface area (Å²) in [5.74, 6) is 0.0374. The molecule has 4 heteroatoms. The van der Waals surface area contributed by atoms with Crippen molar-refractivity contribution in [1.82, 2.24) is 0 Å². The molecule has 0 bridgehead atoms. The zero-order chi connectivity index (χ0) is 10.8. The Morgan fingerprint density at radius 3 is 3.07 bits per heavy atom. The molecule has 0 aromatic heterocycles. The lowest BCUT2D eigenvalue weighted by atomic mass is 10.1. The van der Waals surface area contributed by atoms with Crippen molar-refractivity contribution in [3.8, 4) is 0 Å². The summed E-state index contributed by atoms with van der Waals surface area (Å²) >= 11 is 6.07. The molecule has 1 unspecified atom stereocenters. The second kappa shape index (κ2) is 4.11. The van der Waals surface area contributed by atoms with Gasteiger partial charge in [-0.15, -0.1) is 0 Å². The minimum Gasteiger partial charge on any atom is -0.379 e. The van der Waals surface area contributed by atoms with Crippen molar-refractivity contribution in [2.45, 2.75) is 25.8 Å². The van der Waals surface area contributed by atoms with Gasteiger partial charge in [0.2, 0.25) is 5.91 Å². The van der Waals surface area contributed by atoms with Crippen molar-refractivity contribution in [3.63, 3.8) is 0 Å². The van der Waals surface area contributed by atoms with Gasteiger partial charge in [-0.3, -0.25) is 4.79 Å². The molecule has 0 fully saturated rings. The number of amides is 1. The zero-order valence-corrected chi connectivity index (χ0v) is 9.27. The van der Waals surface area contributed by atoms with Gasteiger partial charge in [-0.2, -0.15) is 0 Å². The summed E-state index contributed by atoms with van der Waals surface area (Å²) in [5, 5.41) is 6.78. The molecule has 3 nitrogen and oxygen atoms in total. The van der Waals surface area contributed by atoms with E-state index in [4.69, 9.17) is 11.6 Å². The Labute approximate surface area is 93.8 Å². The van der Waals surface area contributed by atoms with E-state index < -0.39 is 0 Å². The number of fused-ring (bicyclic) bond motifs is 1. The monoisotopic (exact) mass is 224 g/mol. The first-order valence-electron chi connectivity index (χ1n) is 5.05. The van der Waals surface area contributed by atoms with Gasteiger partial charge in [0.1, 0.15) is 0 Å². The van der Waals surface area contributed by atoms with Crippen LogP contribution in [0.2, 0.25) is 5.02 Å². The minimum atomic E-state index is 0.0374. The van der Waals surface area contributed by atoms with Crippen molar-refractivity contribution in [3.05, 3.63) is 23.2 Å². The molecule has 2 rings (SSSR count). The molecule has 15 heavy (non-hydrogen) atoms. The quantitative estimate of drug-likeness (QED) is 0.770. The van der Waals surface area contributed by atoms with Crippen LogP contribution in [0.1, 0.15) is 19.8 Å². The Morgan fingerprint density at radius 1 is 1.53 bits per heavy atom. The number of carbonyl (C=O) groups is 1. The summed E-state index contributed by atoms with van der Waals surface area (Å²) in [6.45, 7) is 2.05. The molecule has 1 atom stereocenters. The van der Waals surface area contributed by atoms with Gasteiger partial charge in [-0.25, -0.2) is 0 Å². The minimum absolute atomic E-state index is 0.0374. The van der Waals surface area contributed by atoms with Gasteiger partial charge in [0.05, 0.1) is 16.4 Å². The fourth-order valence-corrected chi connectivity index (χ4v) is 1.93. The molecule has 1 heterocycles. The fraction of sp³-hybridized carbons (Fsp3) is 0.364. The Bertz CT molecular complexity index is 392. The third-order valence-electron chi connectivity index (χ3n) is 2.56. The summed E-state index contributed by atoms with van der Waals surface area (Å²) < 4.78 is 0. The van der Waals surface area contributed by atoms with Crippen LogP contribution in [0.3, 0.4) is 0 Å². The normalized spacial score (nSPS) is 19.9. The second-order valence-corrected chi connectivity index (χ2v) is 4.07. The van der Waals surface area contributed by atoms with Gasteiger partial charge in [0, 0.05) is 12.5 Å². The van der Waals surface area contributed by atoms with Crippen molar-refractivity contribution >= 4 is 28.9 Å². The third kappa shape index (κ3) is 2.07. The first kappa shape index (κ1) is 10.3. The van der Waals surface area contributed by atoms with Crippen LogP contribution in [-0.4, -0.2) is 11.9 Å². The van der Waals surface area contributed by atoms with Crippen LogP contribution in [0.5, 0.6) is 0 Å². The topological polar surface area (TPSA) is 41.1 Å². The maximum Gasteiger partial charge on any atom is 0.226 e. The molecule has 1 amide bonds. The van der Waals surface area contributed by atoms with E-state index in [9.17, 15) is 4.79 Å². The first-order valence-corrected chi connectivity index (χ1v) is 5.43. The number of rotatable bonds is 1. The highest BCUT2D eigenvalue weighted by Crippen LogP contribution is 2.33. The van der Waals surface area contributed by atoms with E-state index in [1.807, 2.05) is 25.1 Å². The Morgan fingerprint density at radius 2 is 2.33 bits per heavy atom. The maximum absolute atomic E-state index is 11.5. The first-order chi connectivity index (χ1) is 7.20. The van der Waals surface area contributed by atoms with Crippen molar-refractivity contribution in [2.24, 2.45) is 0 Å².